The van der Waals surface area contributed by atoms with Crippen molar-refractivity contribution in [3.05, 3.63) is 48.5 Å². The average molecular weight is 483 g/mol. The molecular formula is C25H28F2N6O2. The summed E-state index contributed by atoms with van der Waals surface area (Å²) in [6.45, 7) is 1.89. The summed E-state index contributed by atoms with van der Waals surface area (Å²) < 4.78 is 28.7. The van der Waals surface area contributed by atoms with E-state index in [1.807, 2.05) is 22.9 Å². The topological polar surface area (TPSA) is 83.4 Å². The highest BCUT2D eigenvalue weighted by molar-refractivity contribution is 5.97. The molecule has 2 aliphatic heterocycles. The predicted molar refractivity (Wildman–Crippen MR) is 128 cm³/mol. The van der Waals surface area contributed by atoms with Gasteiger partial charge in [-0.25, -0.2) is 13.8 Å². The number of likely N-dealkylation sites (tertiary alicyclic amines) is 2. The van der Waals surface area contributed by atoms with E-state index in [0.717, 1.165) is 37.0 Å². The van der Waals surface area contributed by atoms with Crippen LogP contribution in [0.2, 0.25) is 0 Å². The lowest BCUT2D eigenvalue weighted by atomic mass is 9.96. The molecular weight excluding hydrogens is 454 g/mol. The van der Waals surface area contributed by atoms with Crippen LogP contribution < -0.4 is 5.32 Å². The van der Waals surface area contributed by atoms with Gasteiger partial charge in [0.2, 0.25) is 5.91 Å². The number of rotatable bonds is 4. The number of aromatic nitrogens is 3. The smallest absolute Gasteiger partial charge is 0.255 e. The molecule has 0 radical (unpaired) electrons. The van der Waals surface area contributed by atoms with Gasteiger partial charge in [0.15, 0.2) is 0 Å². The summed E-state index contributed by atoms with van der Waals surface area (Å²) in [7, 11) is 2.06. The second-order valence-corrected chi connectivity index (χ2v) is 9.47. The Balaban J connectivity index is 1.31. The van der Waals surface area contributed by atoms with Crippen molar-refractivity contribution in [1.29, 1.82) is 0 Å². The Hall–Kier alpha value is -3.40. The Morgan fingerprint density at radius 2 is 1.80 bits per heavy atom. The van der Waals surface area contributed by atoms with Crippen LogP contribution in [0.3, 0.4) is 0 Å². The Bertz CT molecular complexity index is 1240. The van der Waals surface area contributed by atoms with E-state index in [-0.39, 0.29) is 43.7 Å². The largest absolute Gasteiger partial charge is 0.338 e. The van der Waals surface area contributed by atoms with Gasteiger partial charge in [0.05, 0.1) is 29.3 Å². The van der Waals surface area contributed by atoms with Crippen molar-refractivity contribution < 1.29 is 18.4 Å². The molecule has 2 saturated heterocycles. The maximum atomic E-state index is 13.4. The predicted octanol–water partition coefficient (Wildman–Crippen LogP) is 3.57. The van der Waals surface area contributed by atoms with Crippen LogP contribution in [-0.4, -0.2) is 75.3 Å². The molecule has 5 rings (SSSR count). The number of pyridine rings is 2. The standard InChI is InChI=1S/C25H28F2N6O2/c1-31-7-2-17(3-8-31)23(34)30-20-13-21(16-28-15-20)33-9-4-18-12-19(14-29-22(18)33)24(35)32-10-5-25(26,27)6-11-32/h4,9,12-17H,2-3,5-8,10-11H2,1H3,(H,30,34). The van der Waals surface area contributed by atoms with Gasteiger partial charge in [-0.3, -0.25) is 19.1 Å². The number of carbonyl (C=O) groups is 2. The number of piperidine rings is 2. The Morgan fingerprint density at radius 1 is 1.06 bits per heavy atom. The van der Waals surface area contributed by atoms with Gasteiger partial charge in [0.1, 0.15) is 5.65 Å². The zero-order chi connectivity index (χ0) is 24.6. The van der Waals surface area contributed by atoms with Crippen molar-refractivity contribution in [3.63, 3.8) is 0 Å². The summed E-state index contributed by atoms with van der Waals surface area (Å²) in [6.07, 6.45) is 7.64. The maximum absolute atomic E-state index is 13.4. The Morgan fingerprint density at radius 3 is 2.54 bits per heavy atom. The summed E-state index contributed by atoms with van der Waals surface area (Å²) in [6, 6.07) is 5.41. The molecule has 0 aliphatic carbocycles. The van der Waals surface area contributed by atoms with Gasteiger partial charge in [-0.1, -0.05) is 0 Å². The van der Waals surface area contributed by atoms with Crippen LogP contribution in [0.1, 0.15) is 36.0 Å². The lowest BCUT2D eigenvalue weighted by Crippen LogP contribution is -2.42. The molecule has 3 aromatic heterocycles. The van der Waals surface area contributed by atoms with Crippen molar-refractivity contribution >= 4 is 28.5 Å². The van der Waals surface area contributed by atoms with E-state index >= 15 is 0 Å². The molecule has 0 atom stereocenters. The third kappa shape index (κ3) is 5.02. The summed E-state index contributed by atoms with van der Waals surface area (Å²) in [5.41, 5.74) is 2.35. The minimum atomic E-state index is -2.70. The second-order valence-electron chi connectivity index (χ2n) is 9.47. The summed E-state index contributed by atoms with van der Waals surface area (Å²) in [5.74, 6) is -2.99. The molecule has 1 N–H and O–H groups in total. The number of fused-ring (bicyclic) bond motifs is 1. The van der Waals surface area contributed by atoms with E-state index in [9.17, 15) is 18.4 Å². The first kappa shape index (κ1) is 23.3. The normalized spacial score (nSPS) is 19.1. The first-order valence-corrected chi connectivity index (χ1v) is 11.9. The summed E-state index contributed by atoms with van der Waals surface area (Å²) >= 11 is 0. The third-order valence-corrected chi connectivity index (χ3v) is 6.91. The molecule has 0 spiro atoms. The molecule has 0 saturated carbocycles. The van der Waals surface area contributed by atoms with Crippen LogP contribution in [0.4, 0.5) is 14.5 Å². The van der Waals surface area contributed by atoms with Crippen molar-refractivity contribution in [2.45, 2.75) is 31.6 Å². The van der Waals surface area contributed by atoms with Crippen molar-refractivity contribution in [2.24, 2.45) is 5.92 Å². The van der Waals surface area contributed by atoms with Crippen molar-refractivity contribution in [3.8, 4) is 5.69 Å². The van der Waals surface area contributed by atoms with E-state index in [2.05, 4.69) is 27.2 Å². The molecule has 35 heavy (non-hydrogen) atoms. The minimum absolute atomic E-state index is 0.00571. The third-order valence-electron chi connectivity index (χ3n) is 6.91. The average Bonchev–Trinajstić information content (AvgIpc) is 3.27. The van der Waals surface area contributed by atoms with Gasteiger partial charge in [-0.05, 0) is 51.2 Å². The summed E-state index contributed by atoms with van der Waals surface area (Å²) in [4.78, 5) is 37.9. The minimum Gasteiger partial charge on any atom is -0.338 e. The molecule has 184 valence electrons. The number of hydrogen-bond acceptors (Lipinski definition) is 5. The van der Waals surface area contributed by atoms with E-state index < -0.39 is 5.92 Å². The number of nitrogens with one attached hydrogen (secondary N) is 1. The van der Waals surface area contributed by atoms with E-state index in [1.54, 1.807) is 18.5 Å². The summed E-state index contributed by atoms with van der Waals surface area (Å²) in [5, 5.41) is 3.73. The van der Waals surface area contributed by atoms with E-state index in [1.165, 1.54) is 11.1 Å². The Labute approximate surface area is 201 Å². The zero-order valence-corrected chi connectivity index (χ0v) is 19.6. The van der Waals surface area contributed by atoms with Gasteiger partial charge < -0.3 is 15.1 Å². The first-order valence-electron chi connectivity index (χ1n) is 11.9. The van der Waals surface area contributed by atoms with Gasteiger partial charge in [0, 0.05) is 49.6 Å². The molecule has 0 bridgehead atoms. The molecule has 10 heteroatoms. The number of hydrogen-bond donors (Lipinski definition) is 1. The fraction of sp³-hybridized carbons (Fsp3) is 0.440. The Kier molecular flexibility index (Phi) is 6.22. The van der Waals surface area contributed by atoms with Crippen LogP contribution in [-0.2, 0) is 4.79 Å². The first-order chi connectivity index (χ1) is 16.8. The van der Waals surface area contributed by atoms with Crippen LogP contribution in [0.25, 0.3) is 16.7 Å². The van der Waals surface area contributed by atoms with E-state index in [4.69, 9.17) is 0 Å². The fourth-order valence-electron chi connectivity index (χ4n) is 4.71. The lowest BCUT2D eigenvalue weighted by molar-refractivity contribution is -0.121. The van der Waals surface area contributed by atoms with Crippen molar-refractivity contribution in [2.75, 3.05) is 38.5 Å². The molecule has 0 unspecified atom stereocenters. The van der Waals surface area contributed by atoms with Crippen LogP contribution in [0.15, 0.2) is 43.0 Å². The fourth-order valence-corrected chi connectivity index (χ4v) is 4.71. The van der Waals surface area contributed by atoms with Crippen LogP contribution >= 0.6 is 0 Å². The number of amides is 2. The molecule has 5 heterocycles. The van der Waals surface area contributed by atoms with Gasteiger partial charge in [-0.15, -0.1) is 0 Å². The molecule has 2 aliphatic rings. The maximum Gasteiger partial charge on any atom is 0.255 e. The van der Waals surface area contributed by atoms with E-state index in [0.29, 0.717) is 16.9 Å². The van der Waals surface area contributed by atoms with Crippen LogP contribution in [0.5, 0.6) is 0 Å². The molecule has 2 amide bonds. The number of anilines is 1. The highest BCUT2D eigenvalue weighted by Gasteiger charge is 2.36. The number of carbonyl (C=O) groups excluding carboxylic acids is 2. The molecule has 2 fully saturated rings. The van der Waals surface area contributed by atoms with Crippen LogP contribution in [0, 0.1) is 5.92 Å². The second kappa shape index (κ2) is 9.33. The SMILES string of the molecule is CN1CCC(C(=O)Nc2cncc(-n3ccc4cc(C(=O)N5CCC(F)(F)CC5)cnc43)c2)CC1. The number of nitrogens with zero attached hydrogens (tertiary/aromatic N) is 5. The van der Waals surface area contributed by atoms with Gasteiger partial charge in [0.25, 0.3) is 11.8 Å². The lowest BCUT2D eigenvalue weighted by Gasteiger charge is -2.31. The highest BCUT2D eigenvalue weighted by Crippen LogP contribution is 2.29. The monoisotopic (exact) mass is 482 g/mol. The molecule has 8 nitrogen and oxygen atoms in total. The molecule has 3 aromatic rings. The number of halogens is 2. The van der Waals surface area contributed by atoms with Gasteiger partial charge >= 0.3 is 0 Å². The highest BCUT2D eigenvalue weighted by atomic mass is 19.3. The zero-order valence-electron chi connectivity index (χ0n) is 19.6. The van der Waals surface area contributed by atoms with Crippen molar-refractivity contribution in [1.82, 2.24) is 24.3 Å². The van der Waals surface area contributed by atoms with Gasteiger partial charge in [-0.2, -0.15) is 0 Å². The quantitative estimate of drug-likeness (QED) is 0.615. The number of alkyl halides is 2. The molecule has 0 aromatic carbocycles.